The Bertz CT molecular complexity index is 1070. The molecule has 9 heteroatoms. The summed E-state index contributed by atoms with van der Waals surface area (Å²) in [6.07, 6.45) is -1.01. The molecule has 1 aromatic carbocycles. The van der Waals surface area contributed by atoms with Crippen molar-refractivity contribution in [1.82, 2.24) is 0 Å². The number of halogens is 1. The molecule has 1 saturated heterocycles. The number of benzene rings is 1. The van der Waals surface area contributed by atoms with Gasteiger partial charge >= 0.3 is 17.9 Å². The van der Waals surface area contributed by atoms with Gasteiger partial charge in [-0.05, 0) is 55.5 Å². The van der Waals surface area contributed by atoms with Gasteiger partial charge in [0, 0.05) is 12.0 Å². The molecule has 0 bridgehead atoms. The first-order valence-corrected chi connectivity index (χ1v) is 11.8. The summed E-state index contributed by atoms with van der Waals surface area (Å²) in [6.45, 7) is 10.4. The molecule has 1 heterocycles. The highest BCUT2D eigenvalue weighted by molar-refractivity contribution is 5.98. The number of hydrogen-bond donors (Lipinski definition) is 1. The highest BCUT2D eigenvalue weighted by Crippen LogP contribution is 2.40. The third kappa shape index (κ3) is 5.90. The van der Waals surface area contributed by atoms with Crippen molar-refractivity contribution >= 4 is 23.7 Å². The number of esters is 3. The largest absolute Gasteiger partial charge is 0.458 e. The van der Waals surface area contributed by atoms with Gasteiger partial charge in [-0.3, -0.25) is 9.59 Å². The summed E-state index contributed by atoms with van der Waals surface area (Å²) in [4.78, 5) is 51.4. The van der Waals surface area contributed by atoms with Crippen molar-refractivity contribution in [3.05, 3.63) is 60.0 Å². The van der Waals surface area contributed by atoms with E-state index < -0.39 is 59.3 Å². The number of rotatable bonds is 5. The number of carbonyl (C=O) groups is 4. The number of allylic oxidation sites excluding steroid dienone is 1. The maximum absolute atomic E-state index is 13.4. The first-order chi connectivity index (χ1) is 16.8. The molecule has 2 aliphatic rings. The molecule has 36 heavy (non-hydrogen) atoms. The van der Waals surface area contributed by atoms with Gasteiger partial charge in [0.25, 0.3) is 0 Å². The van der Waals surface area contributed by atoms with Crippen molar-refractivity contribution in [1.29, 1.82) is 0 Å². The van der Waals surface area contributed by atoms with E-state index in [1.54, 1.807) is 26.8 Å². The molecule has 1 aromatic rings. The van der Waals surface area contributed by atoms with Gasteiger partial charge in [0.2, 0.25) is 0 Å². The van der Waals surface area contributed by atoms with Crippen molar-refractivity contribution in [2.45, 2.75) is 64.4 Å². The Labute approximate surface area is 209 Å². The molecule has 8 nitrogen and oxygen atoms in total. The van der Waals surface area contributed by atoms with E-state index >= 15 is 0 Å². The normalized spacial score (nSPS) is 31.4. The van der Waals surface area contributed by atoms with E-state index in [0.29, 0.717) is 0 Å². The molecule has 0 radical (unpaired) electrons. The van der Waals surface area contributed by atoms with Crippen LogP contribution >= 0.6 is 0 Å². The van der Waals surface area contributed by atoms with E-state index in [-0.39, 0.29) is 35.8 Å². The van der Waals surface area contributed by atoms with Crippen LogP contribution in [0.25, 0.3) is 0 Å². The van der Waals surface area contributed by atoms with Gasteiger partial charge in [0.15, 0.2) is 23.6 Å². The SMILES string of the molecule is C=C1C(=O)O[C@@H]2C[C@H](C)/C=C\C(=O)[C@](C)(O)[C@@H](OC(=O)c3ccc(F)cc3)[C@@H](OC(=O)CC(C)C)[C@@H]12. The molecule has 0 aromatic heterocycles. The van der Waals surface area contributed by atoms with Crippen LogP contribution in [0.15, 0.2) is 48.6 Å². The second kappa shape index (κ2) is 10.7. The van der Waals surface area contributed by atoms with Gasteiger partial charge in [0.05, 0.1) is 11.5 Å². The fourth-order valence-corrected chi connectivity index (χ4v) is 4.38. The molecule has 1 aliphatic heterocycles. The smallest absolute Gasteiger partial charge is 0.338 e. The van der Waals surface area contributed by atoms with Crippen LogP contribution in [-0.4, -0.2) is 52.7 Å². The van der Waals surface area contributed by atoms with Gasteiger partial charge in [-0.1, -0.05) is 33.4 Å². The lowest BCUT2D eigenvalue weighted by Crippen LogP contribution is -2.58. The summed E-state index contributed by atoms with van der Waals surface area (Å²) in [7, 11) is 0. The zero-order valence-corrected chi connectivity index (χ0v) is 20.7. The van der Waals surface area contributed by atoms with Crippen LogP contribution in [0.5, 0.6) is 0 Å². The van der Waals surface area contributed by atoms with Gasteiger partial charge in [-0.25, -0.2) is 14.0 Å². The molecular weight excluding hydrogens is 471 g/mol. The first-order valence-electron chi connectivity index (χ1n) is 11.8. The maximum atomic E-state index is 13.4. The van der Waals surface area contributed by atoms with Crippen molar-refractivity contribution in [2.75, 3.05) is 0 Å². The van der Waals surface area contributed by atoms with E-state index in [1.165, 1.54) is 18.2 Å². The van der Waals surface area contributed by atoms with Crippen molar-refractivity contribution in [3.63, 3.8) is 0 Å². The monoisotopic (exact) mass is 502 g/mol. The summed E-state index contributed by atoms with van der Waals surface area (Å²) in [6, 6.07) is 4.47. The fraction of sp³-hybridized carbons (Fsp3) is 0.481. The third-order valence-electron chi connectivity index (χ3n) is 6.37. The number of hydrogen-bond acceptors (Lipinski definition) is 8. The quantitative estimate of drug-likeness (QED) is 0.370. The molecule has 0 spiro atoms. The molecule has 0 amide bonds. The third-order valence-corrected chi connectivity index (χ3v) is 6.37. The van der Waals surface area contributed by atoms with Crippen LogP contribution in [-0.2, 0) is 28.6 Å². The Morgan fingerprint density at radius 2 is 1.86 bits per heavy atom. The van der Waals surface area contributed by atoms with Crippen molar-refractivity contribution < 1.29 is 42.9 Å². The Hall–Kier alpha value is -3.33. The minimum atomic E-state index is -2.36. The number of carbonyl (C=O) groups excluding carboxylic acids is 4. The van der Waals surface area contributed by atoms with Crippen LogP contribution in [0.2, 0.25) is 0 Å². The zero-order chi connectivity index (χ0) is 26.8. The van der Waals surface area contributed by atoms with E-state index in [4.69, 9.17) is 14.2 Å². The molecule has 0 saturated carbocycles. The van der Waals surface area contributed by atoms with E-state index in [2.05, 4.69) is 6.58 Å². The first kappa shape index (κ1) is 27.3. The molecule has 6 atom stereocenters. The fourth-order valence-electron chi connectivity index (χ4n) is 4.38. The Morgan fingerprint density at radius 3 is 2.47 bits per heavy atom. The summed E-state index contributed by atoms with van der Waals surface area (Å²) in [5.41, 5.74) is -2.44. The summed E-state index contributed by atoms with van der Waals surface area (Å²) in [5.74, 6) is -5.04. The Morgan fingerprint density at radius 1 is 1.22 bits per heavy atom. The van der Waals surface area contributed by atoms with E-state index in [0.717, 1.165) is 19.1 Å². The lowest BCUT2D eigenvalue weighted by Gasteiger charge is -2.39. The minimum absolute atomic E-state index is 0.000188. The highest BCUT2D eigenvalue weighted by Gasteiger charge is 2.56. The second-order valence-corrected chi connectivity index (χ2v) is 9.96. The Kier molecular flexibility index (Phi) is 8.13. The number of ether oxygens (including phenoxy) is 3. The molecule has 1 N–H and O–H groups in total. The standard InChI is InChI=1S/C27H31FO8/c1-14(2)12-21(30)35-23-22-16(4)25(31)34-19(22)13-15(3)6-11-20(29)27(5,33)24(23)36-26(32)17-7-9-18(28)10-8-17/h6-11,14-15,19,22-24,33H,4,12-13H2,1-3,5H3/b11-6-/t15-,19-,22+,23+,24+,27+/m1/s1. The lowest BCUT2D eigenvalue weighted by atomic mass is 9.77. The van der Waals surface area contributed by atoms with Crippen LogP contribution in [0.4, 0.5) is 4.39 Å². The van der Waals surface area contributed by atoms with E-state index in [1.807, 2.05) is 0 Å². The van der Waals surface area contributed by atoms with Gasteiger partial charge in [-0.15, -0.1) is 0 Å². The maximum Gasteiger partial charge on any atom is 0.338 e. The number of ketones is 1. The summed E-state index contributed by atoms with van der Waals surface area (Å²) in [5, 5.41) is 11.4. The van der Waals surface area contributed by atoms with Crippen LogP contribution in [0, 0.1) is 23.6 Å². The van der Waals surface area contributed by atoms with Crippen LogP contribution < -0.4 is 0 Å². The predicted octanol–water partition coefficient (Wildman–Crippen LogP) is 3.32. The lowest BCUT2D eigenvalue weighted by molar-refractivity contribution is -0.182. The summed E-state index contributed by atoms with van der Waals surface area (Å²) >= 11 is 0. The van der Waals surface area contributed by atoms with Gasteiger partial charge in [0.1, 0.15) is 11.9 Å². The molecule has 1 fully saturated rings. The topological polar surface area (TPSA) is 116 Å². The van der Waals surface area contributed by atoms with Gasteiger partial charge < -0.3 is 19.3 Å². The van der Waals surface area contributed by atoms with Gasteiger partial charge in [-0.2, -0.15) is 0 Å². The number of fused-ring (bicyclic) bond motifs is 1. The Balaban J connectivity index is 2.13. The molecule has 194 valence electrons. The second-order valence-electron chi connectivity index (χ2n) is 9.96. The molecule has 1 aliphatic carbocycles. The van der Waals surface area contributed by atoms with Crippen molar-refractivity contribution in [3.8, 4) is 0 Å². The van der Waals surface area contributed by atoms with Crippen LogP contribution in [0.3, 0.4) is 0 Å². The van der Waals surface area contributed by atoms with Crippen LogP contribution in [0.1, 0.15) is 50.9 Å². The van der Waals surface area contributed by atoms with Crippen molar-refractivity contribution in [2.24, 2.45) is 17.8 Å². The average molecular weight is 503 g/mol. The van der Waals surface area contributed by atoms with E-state index in [9.17, 15) is 28.7 Å². The highest BCUT2D eigenvalue weighted by atomic mass is 19.1. The average Bonchev–Trinajstić information content (AvgIpc) is 3.06. The predicted molar refractivity (Wildman–Crippen MR) is 126 cm³/mol. The molecular formula is C27H31FO8. The zero-order valence-electron chi connectivity index (χ0n) is 20.7. The molecule has 0 unspecified atom stereocenters. The number of aliphatic hydroxyl groups is 1. The summed E-state index contributed by atoms with van der Waals surface area (Å²) < 4.78 is 30.3. The minimum Gasteiger partial charge on any atom is -0.458 e. The molecule has 3 rings (SSSR count).